The fourth-order valence-electron chi connectivity index (χ4n) is 3.78. The number of amides is 3. The zero-order valence-electron chi connectivity index (χ0n) is 15.1. The minimum atomic E-state index is -0.681. The molecule has 2 aliphatic rings. The van der Waals surface area contributed by atoms with Crippen LogP contribution in [0.4, 0.5) is 4.79 Å². The maximum Gasteiger partial charge on any atom is 0.325 e. The maximum absolute atomic E-state index is 12.9. The molecule has 1 N–H and O–H groups in total. The van der Waals surface area contributed by atoms with E-state index in [1.807, 2.05) is 17.5 Å². The van der Waals surface area contributed by atoms with Crippen LogP contribution >= 0.6 is 11.3 Å². The second kappa shape index (κ2) is 6.50. The Labute approximate surface area is 157 Å². The molecule has 1 aliphatic heterocycles. The van der Waals surface area contributed by atoms with Gasteiger partial charge in [-0.15, -0.1) is 11.3 Å². The van der Waals surface area contributed by atoms with Crippen LogP contribution in [0.3, 0.4) is 0 Å². The van der Waals surface area contributed by atoms with Crippen LogP contribution in [-0.4, -0.2) is 27.4 Å². The number of carbonyl (C=O) groups excluding carboxylic acids is 2. The number of nitrogens with zero attached hydrogens (tertiary/aromatic N) is 2. The van der Waals surface area contributed by atoms with E-state index in [0.717, 1.165) is 41.9 Å². The molecule has 0 atom stereocenters. The van der Waals surface area contributed by atoms with Crippen molar-refractivity contribution in [3.05, 3.63) is 40.9 Å². The monoisotopic (exact) mass is 369 g/mol. The summed E-state index contributed by atoms with van der Waals surface area (Å²) in [6.07, 6.45) is 3.43. The Morgan fingerprint density at radius 3 is 2.62 bits per heavy atom. The van der Waals surface area contributed by atoms with Crippen molar-refractivity contribution in [3.63, 3.8) is 0 Å². The van der Waals surface area contributed by atoms with Crippen molar-refractivity contribution in [1.82, 2.24) is 15.2 Å². The average molecular weight is 369 g/mol. The highest BCUT2D eigenvalue weighted by Crippen LogP contribution is 2.37. The summed E-state index contributed by atoms with van der Waals surface area (Å²) in [5.41, 5.74) is 2.34. The minimum absolute atomic E-state index is 0.0840. The molecular formula is C20H23N3O2S. The van der Waals surface area contributed by atoms with E-state index in [4.69, 9.17) is 0 Å². The Bertz CT molecular complexity index is 835. The van der Waals surface area contributed by atoms with Gasteiger partial charge in [-0.3, -0.25) is 9.69 Å². The lowest BCUT2D eigenvalue weighted by atomic mass is 9.77. The lowest BCUT2D eigenvalue weighted by Crippen LogP contribution is -2.49. The first-order valence-corrected chi connectivity index (χ1v) is 10.0. The summed E-state index contributed by atoms with van der Waals surface area (Å²) in [7, 11) is 0. The number of nitrogens with one attached hydrogen (secondary N) is 1. The summed E-state index contributed by atoms with van der Waals surface area (Å²) in [4.78, 5) is 31.3. The number of aromatic nitrogens is 1. The number of carbonyl (C=O) groups is 2. The number of urea groups is 1. The van der Waals surface area contributed by atoms with Gasteiger partial charge in [0.25, 0.3) is 5.91 Å². The topological polar surface area (TPSA) is 62.3 Å². The number of hydrogen-bond donors (Lipinski definition) is 1. The molecule has 0 unspecified atom stereocenters. The van der Waals surface area contributed by atoms with Gasteiger partial charge in [0.15, 0.2) is 0 Å². The summed E-state index contributed by atoms with van der Waals surface area (Å²) in [6, 6.07) is 7.92. The van der Waals surface area contributed by atoms with Gasteiger partial charge in [-0.2, -0.15) is 0 Å². The first-order chi connectivity index (χ1) is 12.5. The summed E-state index contributed by atoms with van der Waals surface area (Å²) in [5, 5.41) is 5.81. The van der Waals surface area contributed by atoms with Gasteiger partial charge >= 0.3 is 6.03 Å². The predicted molar refractivity (Wildman–Crippen MR) is 102 cm³/mol. The van der Waals surface area contributed by atoms with Crippen LogP contribution in [0.5, 0.6) is 0 Å². The Morgan fingerprint density at radius 1 is 1.23 bits per heavy atom. The molecule has 3 amide bonds. The summed E-state index contributed by atoms with van der Waals surface area (Å²) < 4.78 is 0. The Kier molecular flexibility index (Phi) is 4.31. The standard InChI is InChI=1S/C20H23N3O2S/c1-13-3-5-15(6-4-13)17-21-16(12-26-17)11-23-18(24)20(22-19(23)25)9-7-14(2)8-10-20/h3-6,12,14H,7-11H2,1-2H3,(H,22,25). The van der Waals surface area contributed by atoms with Gasteiger partial charge in [-0.05, 0) is 38.5 Å². The molecule has 1 aromatic heterocycles. The highest BCUT2D eigenvalue weighted by Gasteiger charge is 2.52. The molecule has 1 saturated carbocycles. The van der Waals surface area contributed by atoms with Crippen LogP contribution < -0.4 is 5.32 Å². The highest BCUT2D eigenvalue weighted by molar-refractivity contribution is 7.13. The summed E-state index contributed by atoms with van der Waals surface area (Å²) >= 11 is 1.54. The fourth-order valence-corrected chi connectivity index (χ4v) is 4.60. The maximum atomic E-state index is 12.9. The molecule has 0 bridgehead atoms. The van der Waals surface area contributed by atoms with E-state index < -0.39 is 5.54 Å². The third kappa shape index (κ3) is 3.03. The zero-order chi connectivity index (χ0) is 18.3. The molecule has 2 aromatic rings. The fraction of sp³-hybridized carbons (Fsp3) is 0.450. The van der Waals surface area contributed by atoms with Crippen LogP contribution in [0.2, 0.25) is 0 Å². The SMILES string of the molecule is Cc1ccc(-c2nc(CN3C(=O)NC4(CCC(C)CC4)C3=O)cs2)cc1. The predicted octanol–water partition coefficient (Wildman–Crippen LogP) is 4.12. The van der Waals surface area contributed by atoms with Crippen LogP contribution in [0.1, 0.15) is 43.9 Å². The number of aryl methyl sites for hydroxylation is 1. The molecule has 6 heteroatoms. The molecule has 1 saturated heterocycles. The molecule has 136 valence electrons. The van der Waals surface area contributed by atoms with E-state index >= 15 is 0 Å². The Morgan fingerprint density at radius 2 is 1.92 bits per heavy atom. The minimum Gasteiger partial charge on any atom is -0.323 e. The van der Waals surface area contributed by atoms with Crippen molar-refractivity contribution in [2.24, 2.45) is 5.92 Å². The molecule has 26 heavy (non-hydrogen) atoms. The summed E-state index contributed by atoms with van der Waals surface area (Å²) in [6.45, 7) is 4.49. The van der Waals surface area contributed by atoms with Gasteiger partial charge in [-0.25, -0.2) is 9.78 Å². The van der Waals surface area contributed by atoms with Crippen molar-refractivity contribution in [1.29, 1.82) is 0 Å². The van der Waals surface area contributed by atoms with E-state index in [-0.39, 0.29) is 18.5 Å². The molecule has 1 aliphatic carbocycles. The molecule has 2 fully saturated rings. The molecule has 4 rings (SSSR count). The van der Waals surface area contributed by atoms with Crippen molar-refractivity contribution in [2.45, 2.75) is 51.6 Å². The normalized spacial score (nSPS) is 25.8. The molecular weight excluding hydrogens is 346 g/mol. The second-order valence-corrected chi connectivity index (χ2v) is 8.45. The average Bonchev–Trinajstić information content (AvgIpc) is 3.18. The molecule has 1 spiro atoms. The number of rotatable bonds is 3. The van der Waals surface area contributed by atoms with Crippen LogP contribution in [0.25, 0.3) is 10.6 Å². The van der Waals surface area contributed by atoms with Gasteiger partial charge in [-0.1, -0.05) is 36.8 Å². The largest absolute Gasteiger partial charge is 0.325 e. The van der Waals surface area contributed by atoms with E-state index in [2.05, 4.69) is 36.3 Å². The van der Waals surface area contributed by atoms with Crippen LogP contribution in [0, 0.1) is 12.8 Å². The lowest BCUT2D eigenvalue weighted by molar-refractivity contribution is -0.133. The van der Waals surface area contributed by atoms with E-state index in [9.17, 15) is 9.59 Å². The van der Waals surface area contributed by atoms with Gasteiger partial charge in [0, 0.05) is 10.9 Å². The number of benzene rings is 1. The van der Waals surface area contributed by atoms with Crippen LogP contribution in [-0.2, 0) is 11.3 Å². The quantitative estimate of drug-likeness (QED) is 0.828. The zero-order valence-corrected chi connectivity index (χ0v) is 15.9. The lowest BCUT2D eigenvalue weighted by Gasteiger charge is -2.33. The smallest absolute Gasteiger partial charge is 0.323 e. The molecule has 2 heterocycles. The molecule has 5 nitrogen and oxygen atoms in total. The molecule has 1 aromatic carbocycles. The first kappa shape index (κ1) is 17.2. The Balaban J connectivity index is 1.50. The number of hydrogen-bond acceptors (Lipinski definition) is 4. The van der Waals surface area contributed by atoms with Gasteiger partial charge < -0.3 is 5.32 Å². The second-order valence-electron chi connectivity index (χ2n) is 7.60. The van der Waals surface area contributed by atoms with Crippen LogP contribution in [0.15, 0.2) is 29.6 Å². The summed E-state index contributed by atoms with van der Waals surface area (Å²) in [5.74, 6) is 0.536. The van der Waals surface area contributed by atoms with Gasteiger partial charge in [0.05, 0.1) is 12.2 Å². The third-order valence-electron chi connectivity index (χ3n) is 5.54. The first-order valence-electron chi connectivity index (χ1n) is 9.12. The van der Waals surface area contributed by atoms with E-state index in [1.165, 1.54) is 10.5 Å². The molecule has 0 radical (unpaired) electrons. The number of thiazole rings is 1. The van der Waals surface area contributed by atoms with E-state index in [0.29, 0.717) is 5.92 Å². The van der Waals surface area contributed by atoms with E-state index in [1.54, 1.807) is 11.3 Å². The van der Waals surface area contributed by atoms with Gasteiger partial charge in [0.2, 0.25) is 0 Å². The third-order valence-corrected chi connectivity index (χ3v) is 6.48. The van der Waals surface area contributed by atoms with Crippen molar-refractivity contribution in [2.75, 3.05) is 0 Å². The highest BCUT2D eigenvalue weighted by atomic mass is 32.1. The number of imide groups is 1. The van der Waals surface area contributed by atoms with Gasteiger partial charge in [0.1, 0.15) is 10.5 Å². The van der Waals surface area contributed by atoms with Crippen molar-refractivity contribution < 1.29 is 9.59 Å². The van der Waals surface area contributed by atoms with Crippen molar-refractivity contribution in [3.8, 4) is 10.6 Å². The van der Waals surface area contributed by atoms with Crippen molar-refractivity contribution >= 4 is 23.3 Å². The Hall–Kier alpha value is -2.21.